The van der Waals surface area contributed by atoms with Crippen molar-refractivity contribution in [3.63, 3.8) is 0 Å². The minimum Gasteiger partial charge on any atom is -0.494 e. The van der Waals surface area contributed by atoms with Gasteiger partial charge in [-0.2, -0.15) is 0 Å². The third-order valence-electron chi connectivity index (χ3n) is 5.17. The first-order valence-electron chi connectivity index (χ1n) is 10.4. The fourth-order valence-corrected chi connectivity index (χ4v) is 4.93. The summed E-state index contributed by atoms with van der Waals surface area (Å²) in [6.07, 6.45) is -0.544. The molecule has 0 spiro atoms. The van der Waals surface area contributed by atoms with Gasteiger partial charge < -0.3 is 19.0 Å². The molecule has 1 N–H and O–H groups in total. The zero-order valence-corrected chi connectivity index (χ0v) is 20.0. The van der Waals surface area contributed by atoms with E-state index in [1.165, 1.54) is 24.9 Å². The van der Waals surface area contributed by atoms with Crippen molar-refractivity contribution in [3.8, 4) is 28.8 Å². The molecule has 184 valence electrons. The van der Waals surface area contributed by atoms with Crippen LogP contribution in [0.25, 0.3) is 17.3 Å². The third-order valence-corrected chi connectivity index (χ3v) is 6.69. The molecule has 0 aliphatic carbocycles. The van der Waals surface area contributed by atoms with Gasteiger partial charge in [-0.15, -0.1) is 10.2 Å². The second-order valence-electron chi connectivity index (χ2n) is 7.67. The number of methoxy groups -OCH3 is 2. The zero-order chi connectivity index (χ0) is 25.2. The molecule has 0 aliphatic rings. The van der Waals surface area contributed by atoms with Gasteiger partial charge in [0.15, 0.2) is 21.4 Å². The van der Waals surface area contributed by atoms with Crippen LogP contribution in [0.2, 0.25) is 0 Å². The summed E-state index contributed by atoms with van der Waals surface area (Å²) in [5.41, 5.74) is 0.423. The molecule has 4 aromatic rings. The number of rotatable bonds is 9. The first-order valence-corrected chi connectivity index (χ1v) is 12.3. The number of sulfone groups is 1. The lowest BCUT2D eigenvalue weighted by molar-refractivity contribution is 0.196. The fraction of sp³-hybridized carbons (Fsp3) is 0.261. The number of hydrogen-bond donors (Lipinski definition) is 1. The second-order valence-corrected chi connectivity index (χ2v) is 9.78. The summed E-state index contributed by atoms with van der Waals surface area (Å²) in [6, 6.07) is 10.9. The van der Waals surface area contributed by atoms with Crippen molar-refractivity contribution in [2.24, 2.45) is 0 Å². The number of para-hydroxylation sites is 1. The van der Waals surface area contributed by atoms with Crippen molar-refractivity contribution in [2.75, 3.05) is 20.0 Å². The number of aliphatic hydroxyl groups is 1. The van der Waals surface area contributed by atoms with E-state index < -0.39 is 33.3 Å². The molecule has 10 nitrogen and oxygen atoms in total. The van der Waals surface area contributed by atoms with Gasteiger partial charge in [0.05, 0.1) is 31.9 Å². The maximum atomic E-state index is 13.1. The molecule has 0 bridgehead atoms. The van der Waals surface area contributed by atoms with Gasteiger partial charge >= 0.3 is 0 Å². The summed E-state index contributed by atoms with van der Waals surface area (Å²) in [5.74, 6) is 0.250. The molecule has 0 fully saturated rings. The molecule has 0 aliphatic heterocycles. The molecular weight excluding hydrogens is 479 g/mol. The van der Waals surface area contributed by atoms with Gasteiger partial charge in [0, 0.05) is 0 Å². The molecule has 0 saturated carbocycles. The first-order chi connectivity index (χ1) is 16.7. The molecular formula is C23H23FN4O6S. The van der Waals surface area contributed by atoms with Crippen molar-refractivity contribution in [1.29, 1.82) is 0 Å². The van der Waals surface area contributed by atoms with Crippen LogP contribution < -0.4 is 9.47 Å². The van der Waals surface area contributed by atoms with Crippen LogP contribution in [0.4, 0.5) is 4.39 Å². The van der Waals surface area contributed by atoms with Gasteiger partial charge in [0.25, 0.3) is 0 Å². The quantitative estimate of drug-likeness (QED) is 0.367. The SMILES string of the molecule is COc1cccc(OC)c1-n1c(CS(=O)(=O)C[C@H](O)c2ccc(F)cn2)nnc1-c1ccc(C)o1. The normalized spacial score (nSPS) is 12.5. The van der Waals surface area contributed by atoms with Crippen LogP contribution in [0.3, 0.4) is 0 Å². The van der Waals surface area contributed by atoms with Crippen LogP contribution in [-0.2, 0) is 15.6 Å². The standard InChI is InChI=1S/C23H23FN4O6S/c1-14-7-10-20(34-14)23-27-26-21(28(23)22-18(32-2)5-4-6-19(22)33-3)13-35(30,31)12-17(29)16-9-8-15(24)11-25-16/h4-11,17,29H,12-13H2,1-3H3/t17-/m0/s1. The number of pyridine rings is 1. The lowest BCUT2D eigenvalue weighted by Gasteiger charge is -2.17. The lowest BCUT2D eigenvalue weighted by Crippen LogP contribution is -2.19. The van der Waals surface area contributed by atoms with Crippen LogP contribution >= 0.6 is 0 Å². The number of hydrogen-bond acceptors (Lipinski definition) is 9. The number of aromatic nitrogens is 4. The van der Waals surface area contributed by atoms with Crippen LogP contribution in [0, 0.1) is 12.7 Å². The minimum absolute atomic E-state index is 0.0367. The second kappa shape index (κ2) is 9.84. The predicted molar refractivity (Wildman–Crippen MR) is 124 cm³/mol. The van der Waals surface area contributed by atoms with E-state index in [0.29, 0.717) is 28.7 Å². The summed E-state index contributed by atoms with van der Waals surface area (Å²) in [6.45, 7) is 1.77. The highest BCUT2D eigenvalue weighted by molar-refractivity contribution is 7.90. The van der Waals surface area contributed by atoms with E-state index in [1.54, 1.807) is 37.3 Å². The van der Waals surface area contributed by atoms with Crippen LogP contribution in [0.1, 0.15) is 23.4 Å². The van der Waals surface area contributed by atoms with Crippen molar-refractivity contribution in [1.82, 2.24) is 19.7 Å². The number of nitrogens with zero attached hydrogens (tertiary/aromatic N) is 4. The number of halogens is 1. The molecule has 0 radical (unpaired) electrons. The van der Waals surface area contributed by atoms with E-state index in [-0.39, 0.29) is 17.3 Å². The van der Waals surface area contributed by atoms with Crippen molar-refractivity contribution in [3.05, 3.63) is 71.8 Å². The van der Waals surface area contributed by atoms with E-state index in [1.807, 2.05) is 0 Å². The number of ether oxygens (including phenoxy) is 2. The largest absolute Gasteiger partial charge is 0.494 e. The van der Waals surface area contributed by atoms with E-state index in [0.717, 1.165) is 12.3 Å². The first kappa shape index (κ1) is 24.4. The van der Waals surface area contributed by atoms with Crippen LogP contribution in [-0.4, -0.2) is 53.2 Å². The maximum Gasteiger partial charge on any atom is 0.204 e. The van der Waals surface area contributed by atoms with Gasteiger partial charge in [-0.25, -0.2) is 12.8 Å². The highest BCUT2D eigenvalue weighted by Crippen LogP contribution is 2.37. The van der Waals surface area contributed by atoms with Crippen molar-refractivity contribution < 1.29 is 31.8 Å². The highest BCUT2D eigenvalue weighted by Gasteiger charge is 2.28. The van der Waals surface area contributed by atoms with Crippen LogP contribution in [0.5, 0.6) is 11.5 Å². The Bertz CT molecular complexity index is 1410. The van der Waals surface area contributed by atoms with Gasteiger partial charge in [0.1, 0.15) is 40.6 Å². The van der Waals surface area contributed by atoms with E-state index >= 15 is 0 Å². The number of benzene rings is 1. The van der Waals surface area contributed by atoms with Gasteiger partial charge in [-0.1, -0.05) is 6.07 Å². The maximum absolute atomic E-state index is 13.1. The van der Waals surface area contributed by atoms with E-state index in [9.17, 15) is 17.9 Å². The minimum atomic E-state index is -3.94. The molecule has 35 heavy (non-hydrogen) atoms. The van der Waals surface area contributed by atoms with Crippen molar-refractivity contribution in [2.45, 2.75) is 18.8 Å². The molecule has 3 aromatic heterocycles. The number of furan rings is 1. The number of aliphatic hydroxyl groups excluding tert-OH is 1. The fourth-order valence-electron chi connectivity index (χ4n) is 3.58. The summed E-state index contributed by atoms with van der Waals surface area (Å²) >= 11 is 0. The summed E-state index contributed by atoms with van der Waals surface area (Å²) < 4.78 is 57.5. The average molecular weight is 503 g/mol. The molecule has 12 heteroatoms. The van der Waals surface area contributed by atoms with Gasteiger partial charge in [-0.05, 0) is 43.3 Å². The summed E-state index contributed by atoms with van der Waals surface area (Å²) in [7, 11) is -0.997. The third kappa shape index (κ3) is 5.17. The summed E-state index contributed by atoms with van der Waals surface area (Å²) in [4.78, 5) is 3.76. The molecule has 0 amide bonds. The Morgan fingerprint density at radius 3 is 2.37 bits per heavy atom. The zero-order valence-electron chi connectivity index (χ0n) is 19.2. The Hall–Kier alpha value is -3.77. The van der Waals surface area contributed by atoms with Gasteiger partial charge in [0.2, 0.25) is 5.82 Å². The Morgan fingerprint density at radius 1 is 1.09 bits per heavy atom. The van der Waals surface area contributed by atoms with Gasteiger partial charge in [-0.3, -0.25) is 9.55 Å². The Balaban J connectivity index is 1.77. The average Bonchev–Trinajstić information content (AvgIpc) is 3.43. The molecule has 3 heterocycles. The smallest absolute Gasteiger partial charge is 0.204 e. The molecule has 1 aromatic carbocycles. The molecule has 4 rings (SSSR count). The molecule has 1 atom stereocenters. The van der Waals surface area contributed by atoms with E-state index in [2.05, 4.69) is 15.2 Å². The Morgan fingerprint density at radius 2 is 1.80 bits per heavy atom. The Labute approximate surface area is 200 Å². The van der Waals surface area contributed by atoms with Crippen molar-refractivity contribution >= 4 is 9.84 Å². The molecule has 0 saturated heterocycles. The highest BCUT2D eigenvalue weighted by atomic mass is 32.2. The summed E-state index contributed by atoms with van der Waals surface area (Å²) in [5, 5.41) is 18.7. The molecule has 0 unspecified atom stereocenters. The Kier molecular flexibility index (Phi) is 6.85. The van der Waals surface area contributed by atoms with E-state index in [4.69, 9.17) is 13.9 Å². The number of aryl methyl sites for hydroxylation is 1. The van der Waals surface area contributed by atoms with Crippen LogP contribution in [0.15, 0.2) is 53.1 Å². The topological polar surface area (TPSA) is 130 Å². The monoisotopic (exact) mass is 502 g/mol. The lowest BCUT2D eigenvalue weighted by atomic mass is 10.2. The predicted octanol–water partition coefficient (Wildman–Crippen LogP) is 3.04.